The SMILES string of the molecule is COC(CNC(=O)NCc1ccc(C)nc1)CC(=O)O. The fourth-order valence-corrected chi connectivity index (χ4v) is 1.49. The zero-order valence-electron chi connectivity index (χ0n) is 11.5. The predicted octanol–water partition coefficient (Wildman–Crippen LogP) is 0.679. The first kappa shape index (κ1) is 15.9. The summed E-state index contributed by atoms with van der Waals surface area (Å²) >= 11 is 0. The highest BCUT2D eigenvalue weighted by molar-refractivity contribution is 5.74. The molecule has 0 saturated heterocycles. The number of urea groups is 1. The number of aliphatic carboxylic acids is 1. The van der Waals surface area contributed by atoms with Gasteiger partial charge in [0.05, 0.1) is 12.5 Å². The first-order valence-corrected chi connectivity index (χ1v) is 6.19. The predicted molar refractivity (Wildman–Crippen MR) is 72.3 cm³/mol. The maximum absolute atomic E-state index is 11.5. The molecule has 0 radical (unpaired) electrons. The van der Waals surface area contributed by atoms with Crippen molar-refractivity contribution in [3.63, 3.8) is 0 Å². The molecule has 1 heterocycles. The van der Waals surface area contributed by atoms with E-state index in [1.165, 1.54) is 7.11 Å². The van der Waals surface area contributed by atoms with Crippen molar-refractivity contribution >= 4 is 12.0 Å². The third-order valence-electron chi connectivity index (χ3n) is 2.65. The summed E-state index contributed by atoms with van der Waals surface area (Å²) in [6.45, 7) is 2.38. The lowest BCUT2D eigenvalue weighted by atomic mass is 10.2. The molecule has 1 aromatic rings. The van der Waals surface area contributed by atoms with Crippen molar-refractivity contribution in [1.29, 1.82) is 0 Å². The average molecular weight is 281 g/mol. The summed E-state index contributed by atoms with van der Waals surface area (Å²) in [6.07, 6.45) is 0.996. The summed E-state index contributed by atoms with van der Waals surface area (Å²) in [5.41, 5.74) is 1.80. The molecule has 0 aliphatic rings. The highest BCUT2D eigenvalue weighted by Crippen LogP contribution is 1.98. The topological polar surface area (TPSA) is 101 Å². The van der Waals surface area contributed by atoms with Crippen LogP contribution in [-0.2, 0) is 16.1 Å². The van der Waals surface area contributed by atoms with Crippen molar-refractivity contribution in [1.82, 2.24) is 15.6 Å². The Morgan fingerprint density at radius 1 is 1.40 bits per heavy atom. The van der Waals surface area contributed by atoms with Crippen LogP contribution in [0.1, 0.15) is 17.7 Å². The summed E-state index contributed by atoms with van der Waals surface area (Å²) in [5, 5.41) is 13.9. The lowest BCUT2D eigenvalue weighted by Gasteiger charge is -2.14. The number of carbonyl (C=O) groups is 2. The number of carboxylic acids is 1. The molecule has 0 aliphatic heterocycles. The quantitative estimate of drug-likeness (QED) is 0.682. The molecular weight excluding hydrogens is 262 g/mol. The van der Waals surface area contributed by atoms with Gasteiger partial charge < -0.3 is 20.5 Å². The largest absolute Gasteiger partial charge is 0.481 e. The molecule has 0 saturated carbocycles. The molecule has 0 aliphatic carbocycles. The van der Waals surface area contributed by atoms with E-state index in [-0.39, 0.29) is 19.0 Å². The van der Waals surface area contributed by atoms with Crippen LogP contribution in [0.5, 0.6) is 0 Å². The monoisotopic (exact) mass is 281 g/mol. The zero-order valence-corrected chi connectivity index (χ0v) is 11.5. The number of rotatable bonds is 7. The Labute approximate surface area is 117 Å². The molecule has 20 heavy (non-hydrogen) atoms. The Morgan fingerprint density at radius 3 is 2.70 bits per heavy atom. The number of carbonyl (C=O) groups excluding carboxylic acids is 1. The summed E-state index contributed by atoms with van der Waals surface area (Å²) in [7, 11) is 1.41. The first-order chi connectivity index (χ1) is 9.51. The van der Waals surface area contributed by atoms with Gasteiger partial charge >= 0.3 is 12.0 Å². The van der Waals surface area contributed by atoms with Crippen LogP contribution in [0.4, 0.5) is 4.79 Å². The molecule has 1 aromatic heterocycles. The van der Waals surface area contributed by atoms with E-state index in [1.54, 1.807) is 6.20 Å². The van der Waals surface area contributed by atoms with Crippen LogP contribution in [0.25, 0.3) is 0 Å². The van der Waals surface area contributed by atoms with Gasteiger partial charge in [-0.25, -0.2) is 4.79 Å². The van der Waals surface area contributed by atoms with Crippen molar-refractivity contribution in [3.8, 4) is 0 Å². The molecule has 3 N–H and O–H groups in total. The molecule has 0 fully saturated rings. The number of aryl methyl sites for hydroxylation is 1. The number of pyridine rings is 1. The van der Waals surface area contributed by atoms with E-state index >= 15 is 0 Å². The minimum atomic E-state index is -0.968. The summed E-state index contributed by atoms with van der Waals surface area (Å²) < 4.78 is 4.95. The zero-order chi connectivity index (χ0) is 15.0. The minimum Gasteiger partial charge on any atom is -0.481 e. The number of hydrogen-bond acceptors (Lipinski definition) is 4. The lowest BCUT2D eigenvalue weighted by Crippen LogP contribution is -2.40. The maximum atomic E-state index is 11.5. The van der Waals surface area contributed by atoms with Gasteiger partial charge in [-0.2, -0.15) is 0 Å². The van der Waals surface area contributed by atoms with Gasteiger partial charge in [0.15, 0.2) is 0 Å². The first-order valence-electron chi connectivity index (χ1n) is 6.19. The van der Waals surface area contributed by atoms with Gasteiger partial charge in [-0.05, 0) is 18.6 Å². The van der Waals surface area contributed by atoms with Crippen LogP contribution in [0, 0.1) is 6.92 Å². The van der Waals surface area contributed by atoms with Crippen LogP contribution in [0.2, 0.25) is 0 Å². The van der Waals surface area contributed by atoms with Gasteiger partial charge in [-0.3, -0.25) is 9.78 Å². The lowest BCUT2D eigenvalue weighted by molar-refractivity contribution is -0.139. The molecule has 0 bridgehead atoms. The van der Waals surface area contributed by atoms with Crippen LogP contribution in [-0.4, -0.2) is 41.8 Å². The number of aromatic nitrogens is 1. The third-order valence-corrected chi connectivity index (χ3v) is 2.65. The summed E-state index contributed by atoms with van der Waals surface area (Å²) in [6, 6.07) is 3.37. The number of hydrogen-bond donors (Lipinski definition) is 3. The van der Waals surface area contributed by atoms with Gasteiger partial charge in [0.1, 0.15) is 0 Å². The minimum absolute atomic E-state index is 0.140. The fraction of sp³-hybridized carbons (Fsp3) is 0.462. The Balaban J connectivity index is 2.29. The van der Waals surface area contributed by atoms with Gasteiger partial charge in [0, 0.05) is 32.1 Å². The van der Waals surface area contributed by atoms with E-state index in [4.69, 9.17) is 9.84 Å². The summed E-state index contributed by atoms with van der Waals surface area (Å²) in [5.74, 6) is -0.968. The Hall–Kier alpha value is -2.15. The fourth-order valence-electron chi connectivity index (χ4n) is 1.49. The van der Waals surface area contributed by atoms with E-state index in [9.17, 15) is 9.59 Å². The summed E-state index contributed by atoms with van der Waals surface area (Å²) in [4.78, 5) is 26.2. The van der Waals surface area contributed by atoms with Crippen molar-refractivity contribution in [3.05, 3.63) is 29.6 Å². The van der Waals surface area contributed by atoms with Crippen LogP contribution < -0.4 is 10.6 Å². The smallest absolute Gasteiger partial charge is 0.315 e. The number of methoxy groups -OCH3 is 1. The highest BCUT2D eigenvalue weighted by Gasteiger charge is 2.13. The van der Waals surface area contributed by atoms with Crippen molar-refractivity contribution in [2.45, 2.75) is 26.0 Å². The van der Waals surface area contributed by atoms with Crippen LogP contribution in [0.15, 0.2) is 18.3 Å². The second-order valence-corrected chi connectivity index (χ2v) is 4.33. The average Bonchev–Trinajstić information content (AvgIpc) is 2.42. The maximum Gasteiger partial charge on any atom is 0.315 e. The number of amides is 2. The molecule has 1 rings (SSSR count). The molecule has 7 heteroatoms. The van der Waals surface area contributed by atoms with E-state index in [0.29, 0.717) is 6.54 Å². The van der Waals surface area contributed by atoms with Gasteiger partial charge in [-0.1, -0.05) is 6.07 Å². The number of nitrogens with one attached hydrogen (secondary N) is 2. The molecule has 0 spiro atoms. The Kier molecular flexibility index (Phi) is 6.45. The second kappa shape index (κ2) is 8.11. The number of carboxylic acid groups (broad SMARTS) is 1. The molecule has 2 amide bonds. The van der Waals surface area contributed by atoms with Gasteiger partial charge in [0.25, 0.3) is 0 Å². The molecule has 1 atom stereocenters. The molecular formula is C13H19N3O4. The van der Waals surface area contributed by atoms with Crippen molar-refractivity contribution in [2.24, 2.45) is 0 Å². The van der Waals surface area contributed by atoms with E-state index in [1.807, 2.05) is 19.1 Å². The van der Waals surface area contributed by atoms with Crippen molar-refractivity contribution < 1.29 is 19.4 Å². The van der Waals surface area contributed by atoms with E-state index < -0.39 is 12.1 Å². The van der Waals surface area contributed by atoms with Crippen LogP contribution in [0.3, 0.4) is 0 Å². The normalized spacial score (nSPS) is 11.7. The number of ether oxygens (including phenoxy) is 1. The van der Waals surface area contributed by atoms with E-state index in [2.05, 4.69) is 15.6 Å². The standard InChI is InChI=1S/C13H19N3O4/c1-9-3-4-10(6-14-9)7-15-13(19)16-8-11(20-2)5-12(17)18/h3-4,6,11H,5,7-8H2,1-2H3,(H,17,18)(H2,15,16,19). The molecule has 1 unspecified atom stereocenters. The third kappa shape index (κ3) is 6.14. The van der Waals surface area contributed by atoms with Gasteiger partial charge in [0.2, 0.25) is 0 Å². The molecule has 110 valence electrons. The Morgan fingerprint density at radius 2 is 2.15 bits per heavy atom. The number of nitrogens with zero attached hydrogens (tertiary/aromatic N) is 1. The highest BCUT2D eigenvalue weighted by atomic mass is 16.5. The molecule has 0 aromatic carbocycles. The second-order valence-electron chi connectivity index (χ2n) is 4.33. The van der Waals surface area contributed by atoms with E-state index in [0.717, 1.165) is 11.3 Å². The van der Waals surface area contributed by atoms with Crippen LogP contribution >= 0.6 is 0 Å². The van der Waals surface area contributed by atoms with Gasteiger partial charge in [-0.15, -0.1) is 0 Å². The Bertz CT molecular complexity index is 447. The molecule has 7 nitrogen and oxygen atoms in total. The van der Waals surface area contributed by atoms with Crippen molar-refractivity contribution in [2.75, 3.05) is 13.7 Å².